The normalized spacial score (nSPS) is 14.4. The van der Waals surface area contributed by atoms with Gasteiger partial charge < -0.3 is 20.0 Å². The van der Waals surface area contributed by atoms with Gasteiger partial charge in [0.15, 0.2) is 0 Å². The van der Waals surface area contributed by atoms with E-state index in [0.717, 1.165) is 11.3 Å². The first kappa shape index (κ1) is 23.5. The summed E-state index contributed by atoms with van der Waals surface area (Å²) in [5.41, 5.74) is 8.10. The van der Waals surface area contributed by atoms with Crippen molar-refractivity contribution in [3.63, 3.8) is 0 Å². The third-order valence-corrected chi connectivity index (χ3v) is 6.47. The van der Waals surface area contributed by atoms with Crippen LogP contribution in [-0.2, 0) is 6.42 Å². The Morgan fingerprint density at radius 1 is 1.18 bits per heavy atom. The largest absolute Gasteiger partial charge is 0.411 e. The molecule has 3 N–H and O–H groups in total. The predicted octanol–water partition coefficient (Wildman–Crippen LogP) is 3.06. The first-order valence-corrected chi connectivity index (χ1v) is 11.7. The highest BCUT2D eigenvalue weighted by Crippen LogP contribution is 2.35. The number of carbonyl (C=O) groups excluding carboxylic acids is 1. The number of hydrogen-bond acceptors (Lipinski definition) is 8. The first-order valence-electron chi connectivity index (χ1n) is 11.4. The molecule has 0 spiro atoms. The molecule has 14 heteroatoms. The van der Waals surface area contributed by atoms with Gasteiger partial charge in [-0.25, -0.2) is 9.78 Å². The van der Waals surface area contributed by atoms with Crippen LogP contribution >= 0.6 is 11.6 Å². The summed E-state index contributed by atoms with van der Waals surface area (Å²) in [5.74, 6) is -0.490. The van der Waals surface area contributed by atoms with Gasteiger partial charge in [-0.3, -0.25) is 4.79 Å². The van der Waals surface area contributed by atoms with E-state index in [2.05, 4.69) is 30.5 Å². The molecule has 0 radical (unpaired) electrons. The number of ether oxygens (including phenoxy) is 1. The predicted molar refractivity (Wildman–Crippen MR) is 132 cm³/mol. The van der Waals surface area contributed by atoms with Crippen molar-refractivity contribution in [3.8, 4) is 34.1 Å². The van der Waals surface area contributed by atoms with Crippen LogP contribution in [-0.4, -0.2) is 45.8 Å². The van der Waals surface area contributed by atoms with Gasteiger partial charge >= 0.3 is 6.09 Å². The Bertz CT molecular complexity index is 1730. The second-order valence-corrected chi connectivity index (χ2v) is 8.95. The quantitative estimate of drug-likeness (QED) is 0.348. The Hall–Kier alpha value is -4.91. The van der Waals surface area contributed by atoms with Crippen LogP contribution in [0.3, 0.4) is 0 Å². The number of aromatic amines is 1. The second-order valence-electron chi connectivity index (χ2n) is 8.51. The average Bonchev–Trinajstić information content (AvgIpc) is 3.64. The van der Waals surface area contributed by atoms with Crippen molar-refractivity contribution in [1.82, 2.24) is 39.7 Å². The third kappa shape index (κ3) is 4.18. The van der Waals surface area contributed by atoms with Crippen LogP contribution in [0.1, 0.15) is 23.9 Å². The van der Waals surface area contributed by atoms with Crippen molar-refractivity contribution in [3.05, 3.63) is 87.7 Å². The molecule has 38 heavy (non-hydrogen) atoms. The van der Waals surface area contributed by atoms with Crippen LogP contribution in [0.4, 0.5) is 9.18 Å². The fourth-order valence-electron chi connectivity index (χ4n) is 4.64. The van der Waals surface area contributed by atoms with Crippen LogP contribution < -0.4 is 16.0 Å². The number of H-pyrrole nitrogens is 1. The molecule has 12 nitrogen and oxygen atoms in total. The maximum absolute atomic E-state index is 15.0. The van der Waals surface area contributed by atoms with Crippen LogP contribution in [0.2, 0.25) is 5.02 Å². The monoisotopic (exact) mass is 533 g/mol. The number of nitrogens with two attached hydrogens (primary N) is 1. The summed E-state index contributed by atoms with van der Waals surface area (Å²) in [7, 11) is 0. The highest BCUT2D eigenvalue weighted by atomic mass is 35.5. The topological polar surface area (TPSA) is 159 Å². The zero-order chi connectivity index (χ0) is 26.4. The summed E-state index contributed by atoms with van der Waals surface area (Å²) in [6, 6.07) is 11.0. The molecule has 0 unspecified atom stereocenters. The minimum Gasteiger partial charge on any atom is -0.391 e. The van der Waals surface area contributed by atoms with Crippen molar-refractivity contribution in [2.75, 3.05) is 0 Å². The standard InChI is InChI=1S/C24H17ClFN9O3/c25-14-2-4-16(18(9-14)34-11-29-32-33-34)13-7-15-3-5-17(35(15)20(36)8-13)21-22(26)31-23(30-21)12-1-6-19(28-10-12)38-24(27)37/h1-2,4,6-11,17H,3,5H2,(H2,27,37)(H,30,31)/t17-/m0/s1. The van der Waals surface area contributed by atoms with Gasteiger partial charge in [-0.2, -0.15) is 14.1 Å². The van der Waals surface area contributed by atoms with E-state index in [-0.39, 0.29) is 23.0 Å². The average molecular weight is 534 g/mol. The van der Waals surface area contributed by atoms with Gasteiger partial charge in [0, 0.05) is 40.2 Å². The number of fused-ring (bicyclic) bond motifs is 1. The van der Waals surface area contributed by atoms with Gasteiger partial charge in [-0.05, 0) is 53.1 Å². The Labute approximate surface area is 217 Å². The highest BCUT2D eigenvalue weighted by Gasteiger charge is 2.30. The van der Waals surface area contributed by atoms with E-state index in [1.54, 1.807) is 28.8 Å². The lowest BCUT2D eigenvalue weighted by atomic mass is 10.0. The summed E-state index contributed by atoms with van der Waals surface area (Å²) in [6.07, 6.45) is 2.87. The summed E-state index contributed by atoms with van der Waals surface area (Å²) in [5, 5.41) is 11.8. The number of benzene rings is 1. The number of hydrogen-bond donors (Lipinski definition) is 2. The Balaban J connectivity index is 1.35. The van der Waals surface area contributed by atoms with Gasteiger partial charge in [0.25, 0.3) is 5.56 Å². The van der Waals surface area contributed by atoms with Gasteiger partial charge in [0.2, 0.25) is 11.8 Å². The lowest BCUT2D eigenvalue weighted by Crippen LogP contribution is -2.24. The number of tetrazole rings is 1. The van der Waals surface area contributed by atoms with E-state index < -0.39 is 18.1 Å². The van der Waals surface area contributed by atoms with Crippen molar-refractivity contribution >= 4 is 17.7 Å². The molecule has 4 aromatic heterocycles. The Kier molecular flexibility index (Phi) is 5.68. The van der Waals surface area contributed by atoms with Crippen LogP contribution in [0, 0.1) is 5.95 Å². The molecule has 6 rings (SSSR count). The third-order valence-electron chi connectivity index (χ3n) is 6.23. The number of nitrogens with zero attached hydrogens (tertiary/aromatic N) is 7. The van der Waals surface area contributed by atoms with Crippen LogP contribution in [0.25, 0.3) is 28.2 Å². The highest BCUT2D eigenvalue weighted by molar-refractivity contribution is 6.30. The Morgan fingerprint density at radius 3 is 2.79 bits per heavy atom. The molecule has 0 saturated carbocycles. The SMILES string of the molecule is NC(=O)Oc1ccc(-c2nc(F)c([C@@H]3CCc4cc(-c5ccc(Cl)cc5-n5cnnn5)cc(=O)n43)[nH]2)cn1. The molecule has 5 aromatic rings. The number of amides is 1. The molecule has 1 aliphatic rings. The van der Waals surface area contributed by atoms with Crippen molar-refractivity contribution < 1.29 is 13.9 Å². The lowest BCUT2D eigenvalue weighted by Gasteiger charge is -2.15. The lowest BCUT2D eigenvalue weighted by molar-refractivity contribution is 0.209. The number of rotatable bonds is 5. The maximum atomic E-state index is 15.0. The molecule has 1 amide bonds. The first-order chi connectivity index (χ1) is 18.4. The fraction of sp³-hybridized carbons (Fsp3) is 0.125. The van der Waals surface area contributed by atoms with Crippen molar-refractivity contribution in [2.24, 2.45) is 5.73 Å². The minimum absolute atomic E-state index is 0.00417. The van der Waals surface area contributed by atoms with Crippen LogP contribution in [0.5, 0.6) is 5.88 Å². The summed E-state index contributed by atoms with van der Waals surface area (Å²) >= 11 is 6.20. The summed E-state index contributed by atoms with van der Waals surface area (Å²) in [4.78, 5) is 35.2. The van der Waals surface area contributed by atoms with Gasteiger partial charge in [-0.15, -0.1) is 5.10 Å². The van der Waals surface area contributed by atoms with E-state index in [4.69, 9.17) is 22.1 Å². The number of aromatic nitrogens is 8. The molecule has 0 aliphatic carbocycles. The van der Waals surface area contributed by atoms with E-state index in [1.165, 1.54) is 29.3 Å². The van der Waals surface area contributed by atoms with Gasteiger partial charge in [-0.1, -0.05) is 17.7 Å². The molecule has 0 saturated heterocycles. The number of pyridine rings is 2. The number of imidazole rings is 1. The molecule has 0 bridgehead atoms. The van der Waals surface area contributed by atoms with Crippen molar-refractivity contribution in [2.45, 2.75) is 18.9 Å². The molecular formula is C24H17ClFN9O3. The zero-order valence-corrected chi connectivity index (χ0v) is 20.1. The molecule has 1 aromatic carbocycles. The smallest absolute Gasteiger partial charge is 0.391 e. The van der Waals surface area contributed by atoms with E-state index in [0.29, 0.717) is 34.7 Å². The zero-order valence-electron chi connectivity index (χ0n) is 19.4. The Morgan fingerprint density at radius 2 is 2.05 bits per heavy atom. The maximum Gasteiger partial charge on any atom is 0.411 e. The number of nitrogens with one attached hydrogen (secondary N) is 1. The van der Waals surface area contributed by atoms with Crippen LogP contribution in [0.15, 0.2) is 59.8 Å². The van der Waals surface area contributed by atoms with E-state index in [9.17, 15) is 9.59 Å². The second kappa shape index (κ2) is 9.19. The molecule has 190 valence electrons. The number of aryl methyl sites for hydroxylation is 1. The van der Waals surface area contributed by atoms with Gasteiger partial charge in [0.05, 0.1) is 17.4 Å². The molecular weight excluding hydrogens is 517 g/mol. The number of carbonyl (C=O) groups is 1. The fourth-order valence-corrected chi connectivity index (χ4v) is 4.81. The summed E-state index contributed by atoms with van der Waals surface area (Å²) < 4.78 is 22.8. The van der Waals surface area contributed by atoms with E-state index >= 15 is 4.39 Å². The minimum atomic E-state index is -0.993. The molecule has 5 heterocycles. The molecule has 0 fully saturated rings. The number of primary amides is 1. The van der Waals surface area contributed by atoms with Crippen molar-refractivity contribution in [1.29, 1.82) is 0 Å². The summed E-state index contributed by atoms with van der Waals surface area (Å²) in [6.45, 7) is 0. The molecule has 1 atom stereocenters. The van der Waals surface area contributed by atoms with E-state index in [1.807, 2.05) is 6.07 Å². The number of halogens is 2. The molecule has 1 aliphatic heterocycles. The van der Waals surface area contributed by atoms with Gasteiger partial charge in [0.1, 0.15) is 12.2 Å².